The summed E-state index contributed by atoms with van der Waals surface area (Å²) in [7, 11) is -3.29. The molecule has 8 heteroatoms. The number of aromatic nitrogens is 1. The highest BCUT2D eigenvalue weighted by atomic mass is 32.2. The molecule has 0 aromatic carbocycles. The monoisotopic (exact) mass is 357 g/mol. The Labute approximate surface area is 141 Å². The summed E-state index contributed by atoms with van der Waals surface area (Å²) >= 11 is 1.61. The Morgan fingerprint density at radius 2 is 1.91 bits per heavy atom. The molecule has 1 saturated carbocycles. The molecule has 1 aliphatic carbocycles. The van der Waals surface area contributed by atoms with E-state index in [9.17, 15) is 13.2 Å². The van der Waals surface area contributed by atoms with E-state index in [-0.39, 0.29) is 16.9 Å². The van der Waals surface area contributed by atoms with Crippen LogP contribution in [0.25, 0.3) is 0 Å². The van der Waals surface area contributed by atoms with Gasteiger partial charge in [-0.2, -0.15) is 0 Å². The van der Waals surface area contributed by atoms with E-state index in [2.05, 4.69) is 9.88 Å². The molecule has 2 aliphatic rings. The summed E-state index contributed by atoms with van der Waals surface area (Å²) in [4.78, 5) is 20.6. The predicted molar refractivity (Wildman–Crippen MR) is 91.7 cm³/mol. The second-order valence-corrected chi connectivity index (χ2v) is 9.47. The van der Waals surface area contributed by atoms with Gasteiger partial charge in [-0.15, -0.1) is 11.3 Å². The van der Waals surface area contributed by atoms with Gasteiger partial charge in [0.25, 0.3) is 0 Å². The fourth-order valence-corrected chi connectivity index (χ4v) is 5.93. The van der Waals surface area contributed by atoms with Crippen LogP contribution in [0.15, 0.2) is 5.38 Å². The number of thiazole rings is 1. The molecule has 0 spiro atoms. The van der Waals surface area contributed by atoms with Crippen molar-refractivity contribution in [2.24, 2.45) is 0 Å². The van der Waals surface area contributed by atoms with E-state index in [0.29, 0.717) is 39.0 Å². The van der Waals surface area contributed by atoms with Crippen LogP contribution >= 0.6 is 11.3 Å². The topological polar surface area (TPSA) is 70.6 Å². The van der Waals surface area contributed by atoms with E-state index in [0.717, 1.165) is 23.7 Å². The molecule has 1 amide bonds. The van der Waals surface area contributed by atoms with Crippen molar-refractivity contribution in [3.63, 3.8) is 0 Å². The minimum Gasteiger partial charge on any atom is -0.345 e. The van der Waals surface area contributed by atoms with Gasteiger partial charge in [-0.25, -0.2) is 13.4 Å². The lowest BCUT2D eigenvalue weighted by Gasteiger charge is -2.34. The number of carbonyl (C=O) groups is 1. The van der Waals surface area contributed by atoms with Crippen molar-refractivity contribution in [3.05, 3.63) is 11.1 Å². The first kappa shape index (κ1) is 16.7. The van der Waals surface area contributed by atoms with Gasteiger partial charge in [0.05, 0.1) is 10.9 Å². The molecule has 1 saturated heterocycles. The third-order valence-corrected chi connectivity index (χ3v) is 7.80. The number of aryl methyl sites for hydroxylation is 1. The maximum atomic E-state index is 12.3. The Balaban J connectivity index is 1.54. The van der Waals surface area contributed by atoms with Gasteiger partial charge in [0.15, 0.2) is 15.0 Å². The molecule has 1 aromatic heterocycles. The molecule has 6 nitrogen and oxygen atoms in total. The summed E-state index contributed by atoms with van der Waals surface area (Å²) < 4.78 is 24.6. The number of carbonyl (C=O) groups excluding carboxylic acids is 1. The first-order chi connectivity index (χ1) is 11.0. The SMILES string of the molecule is Cc1csc(N2CCN(C(=O)CS(=O)(=O)C3CCCC3)CC2)n1. The minimum atomic E-state index is -3.29. The molecule has 3 rings (SSSR count). The predicted octanol–water partition coefficient (Wildman–Crippen LogP) is 1.46. The Kier molecular flexibility index (Phi) is 4.91. The van der Waals surface area contributed by atoms with Crippen molar-refractivity contribution in [3.8, 4) is 0 Å². The van der Waals surface area contributed by atoms with Crippen LogP contribution in [0.3, 0.4) is 0 Å². The maximum Gasteiger partial charge on any atom is 0.237 e. The number of sulfone groups is 1. The van der Waals surface area contributed by atoms with E-state index in [1.807, 2.05) is 12.3 Å². The first-order valence-electron chi connectivity index (χ1n) is 8.12. The number of hydrogen-bond donors (Lipinski definition) is 0. The fourth-order valence-electron chi connectivity index (χ4n) is 3.26. The third kappa shape index (κ3) is 3.85. The number of anilines is 1. The summed E-state index contributed by atoms with van der Waals surface area (Å²) in [6, 6.07) is 0. The molecule has 0 unspecified atom stereocenters. The number of hydrogen-bond acceptors (Lipinski definition) is 6. The highest BCUT2D eigenvalue weighted by Crippen LogP contribution is 2.26. The van der Waals surface area contributed by atoms with Crippen LogP contribution in [0.1, 0.15) is 31.4 Å². The summed E-state index contributed by atoms with van der Waals surface area (Å²) in [6.07, 6.45) is 3.35. The molecule has 1 aliphatic heterocycles. The zero-order valence-electron chi connectivity index (χ0n) is 13.4. The van der Waals surface area contributed by atoms with Crippen LogP contribution < -0.4 is 4.90 Å². The smallest absolute Gasteiger partial charge is 0.237 e. The van der Waals surface area contributed by atoms with Crippen molar-refractivity contribution >= 4 is 32.2 Å². The molecule has 2 fully saturated rings. The van der Waals surface area contributed by atoms with Gasteiger partial charge in [-0.05, 0) is 19.8 Å². The van der Waals surface area contributed by atoms with Gasteiger partial charge in [-0.1, -0.05) is 12.8 Å². The lowest BCUT2D eigenvalue weighted by Crippen LogP contribution is -2.50. The maximum absolute atomic E-state index is 12.3. The van der Waals surface area contributed by atoms with Crippen molar-refractivity contribution in [1.82, 2.24) is 9.88 Å². The Morgan fingerprint density at radius 3 is 2.48 bits per heavy atom. The highest BCUT2D eigenvalue weighted by Gasteiger charge is 2.33. The zero-order chi connectivity index (χ0) is 16.4. The number of rotatable bonds is 4. The largest absolute Gasteiger partial charge is 0.345 e. The minimum absolute atomic E-state index is 0.244. The molecule has 2 heterocycles. The normalized spacial score (nSPS) is 20.2. The van der Waals surface area contributed by atoms with Crippen molar-refractivity contribution in [2.45, 2.75) is 37.9 Å². The van der Waals surface area contributed by atoms with Gasteiger partial charge < -0.3 is 9.80 Å². The van der Waals surface area contributed by atoms with Gasteiger partial charge in [0.1, 0.15) is 5.75 Å². The van der Waals surface area contributed by atoms with Gasteiger partial charge in [0, 0.05) is 31.6 Å². The molecule has 1 aromatic rings. The van der Waals surface area contributed by atoms with E-state index < -0.39 is 9.84 Å². The van der Waals surface area contributed by atoms with Gasteiger partial charge in [-0.3, -0.25) is 4.79 Å². The van der Waals surface area contributed by atoms with E-state index in [1.165, 1.54) is 0 Å². The highest BCUT2D eigenvalue weighted by molar-refractivity contribution is 7.92. The van der Waals surface area contributed by atoms with Crippen LogP contribution in [0.5, 0.6) is 0 Å². The van der Waals surface area contributed by atoms with Gasteiger partial charge >= 0.3 is 0 Å². The average molecular weight is 358 g/mol. The quantitative estimate of drug-likeness (QED) is 0.816. The fraction of sp³-hybridized carbons (Fsp3) is 0.733. The van der Waals surface area contributed by atoms with E-state index >= 15 is 0 Å². The zero-order valence-corrected chi connectivity index (χ0v) is 15.0. The summed E-state index contributed by atoms with van der Waals surface area (Å²) in [6.45, 7) is 4.52. The lowest BCUT2D eigenvalue weighted by atomic mass is 10.3. The average Bonchev–Trinajstić information content (AvgIpc) is 3.18. The standard InChI is InChI=1S/C15H23N3O3S2/c1-12-10-22-15(16-12)18-8-6-17(7-9-18)14(19)11-23(20,21)13-4-2-3-5-13/h10,13H,2-9,11H2,1H3. The van der Waals surface area contributed by atoms with E-state index in [4.69, 9.17) is 0 Å². The molecular weight excluding hydrogens is 334 g/mol. The first-order valence-corrected chi connectivity index (χ1v) is 10.7. The van der Waals surface area contributed by atoms with Crippen LogP contribution in [0.2, 0.25) is 0 Å². The summed E-state index contributed by atoms with van der Waals surface area (Å²) in [5.41, 5.74) is 1.01. The number of amides is 1. The van der Waals surface area contributed by atoms with Crippen LogP contribution in [0.4, 0.5) is 5.13 Å². The lowest BCUT2D eigenvalue weighted by molar-refractivity contribution is -0.128. The Bertz CT molecular complexity index is 657. The van der Waals surface area contributed by atoms with Crippen molar-refractivity contribution in [2.75, 3.05) is 36.8 Å². The summed E-state index contributed by atoms with van der Waals surface area (Å²) in [5, 5.41) is 2.69. The molecule has 128 valence electrons. The van der Waals surface area contributed by atoms with Crippen molar-refractivity contribution in [1.29, 1.82) is 0 Å². The van der Waals surface area contributed by atoms with E-state index in [1.54, 1.807) is 16.2 Å². The van der Waals surface area contributed by atoms with Crippen LogP contribution in [-0.2, 0) is 14.6 Å². The number of nitrogens with zero attached hydrogens (tertiary/aromatic N) is 3. The molecule has 0 N–H and O–H groups in total. The Hall–Kier alpha value is -1.15. The molecular formula is C15H23N3O3S2. The molecule has 0 bridgehead atoms. The second kappa shape index (κ2) is 6.76. The molecule has 0 radical (unpaired) electrons. The van der Waals surface area contributed by atoms with Crippen LogP contribution in [-0.4, -0.2) is 61.4 Å². The van der Waals surface area contributed by atoms with Crippen molar-refractivity contribution < 1.29 is 13.2 Å². The summed E-state index contributed by atoms with van der Waals surface area (Å²) in [5.74, 6) is -0.569. The third-order valence-electron chi connectivity index (χ3n) is 4.64. The Morgan fingerprint density at radius 1 is 1.26 bits per heavy atom. The van der Waals surface area contributed by atoms with Gasteiger partial charge in [0.2, 0.25) is 5.91 Å². The second-order valence-electron chi connectivity index (χ2n) is 6.35. The molecule has 23 heavy (non-hydrogen) atoms. The van der Waals surface area contributed by atoms with Crippen LogP contribution in [0, 0.1) is 6.92 Å². The molecule has 0 atom stereocenters. The number of piperazine rings is 1.